The van der Waals surface area contributed by atoms with Crippen LogP contribution in [0.1, 0.15) is 52.9 Å². The number of rotatable bonds is 5. The van der Waals surface area contributed by atoms with E-state index in [1.807, 2.05) is 0 Å². The average Bonchev–Trinajstić information content (AvgIpc) is 2.80. The Balaban J connectivity index is 1.56. The molecule has 1 aromatic carbocycles. The van der Waals surface area contributed by atoms with Gasteiger partial charge in [0.15, 0.2) is 11.5 Å². The number of hydrogen-bond donors (Lipinski definition) is 2. The van der Waals surface area contributed by atoms with Gasteiger partial charge in [-0.1, -0.05) is 11.6 Å². The molecule has 0 spiro atoms. The van der Waals surface area contributed by atoms with Crippen LogP contribution in [0.2, 0.25) is 5.02 Å². The minimum atomic E-state index is -1.39. The molecule has 2 aromatic rings. The highest BCUT2D eigenvalue weighted by atomic mass is 35.5. The summed E-state index contributed by atoms with van der Waals surface area (Å²) in [6.07, 6.45) is 3.86. The molecule has 2 atom stereocenters. The van der Waals surface area contributed by atoms with Crippen molar-refractivity contribution in [2.24, 2.45) is 5.92 Å². The molecule has 1 unspecified atom stereocenters. The van der Waals surface area contributed by atoms with E-state index in [9.17, 15) is 18.6 Å². The number of aromatic amines is 1. The highest BCUT2D eigenvalue weighted by Crippen LogP contribution is 2.44. The van der Waals surface area contributed by atoms with Crippen LogP contribution in [0.5, 0.6) is 11.5 Å². The lowest BCUT2D eigenvalue weighted by Crippen LogP contribution is -2.38. The summed E-state index contributed by atoms with van der Waals surface area (Å²) in [5.41, 5.74) is 1.32. The number of halogens is 1. The van der Waals surface area contributed by atoms with Crippen LogP contribution in [0.15, 0.2) is 21.8 Å². The topological polar surface area (TPSA) is 115 Å². The fourth-order valence-electron chi connectivity index (χ4n) is 4.50. The predicted octanol–water partition coefficient (Wildman–Crippen LogP) is 3.21. The van der Waals surface area contributed by atoms with Gasteiger partial charge in [-0.2, -0.15) is 0 Å². The number of ketones is 1. The van der Waals surface area contributed by atoms with Crippen molar-refractivity contribution in [3.05, 3.63) is 49.9 Å². The normalized spacial score (nSPS) is 19.1. The second-order valence-corrected chi connectivity index (χ2v) is 10.5. The largest absolute Gasteiger partial charge is 0.484 e. The molecular formula is C24H27ClN2O6S. The molecule has 1 saturated carbocycles. The molecule has 0 bridgehead atoms. The van der Waals surface area contributed by atoms with Gasteiger partial charge in [0.05, 0.1) is 26.3 Å². The number of benzene rings is 1. The van der Waals surface area contributed by atoms with Crippen molar-refractivity contribution in [3.8, 4) is 11.5 Å². The first-order valence-electron chi connectivity index (χ1n) is 11.1. The number of pyridine rings is 1. The number of carbonyl (C=O) groups excluding carboxylic acids is 2. The van der Waals surface area contributed by atoms with Gasteiger partial charge >= 0.3 is 0 Å². The van der Waals surface area contributed by atoms with Crippen molar-refractivity contribution in [1.82, 2.24) is 10.3 Å². The Labute approximate surface area is 204 Å². The molecule has 1 amide bonds. The summed E-state index contributed by atoms with van der Waals surface area (Å²) < 4.78 is 24.3. The number of H-pyrrole nitrogens is 1. The molecule has 2 aliphatic rings. The maximum atomic E-state index is 13.1. The summed E-state index contributed by atoms with van der Waals surface area (Å²) in [4.78, 5) is 40.1. The van der Waals surface area contributed by atoms with E-state index in [2.05, 4.69) is 10.3 Å². The summed E-state index contributed by atoms with van der Waals surface area (Å²) in [5, 5.41) is 3.00. The van der Waals surface area contributed by atoms with Crippen LogP contribution in [-0.2, 0) is 22.1 Å². The molecule has 0 radical (unpaired) electrons. The molecule has 8 nitrogen and oxygen atoms in total. The number of hydrogen-bond acceptors (Lipinski definition) is 6. The number of amides is 1. The lowest BCUT2D eigenvalue weighted by molar-refractivity contribution is -0.121. The van der Waals surface area contributed by atoms with Crippen molar-refractivity contribution in [2.45, 2.75) is 57.1 Å². The van der Waals surface area contributed by atoms with Gasteiger partial charge in [0.25, 0.3) is 11.5 Å². The van der Waals surface area contributed by atoms with E-state index in [4.69, 9.17) is 21.1 Å². The quantitative estimate of drug-likeness (QED) is 0.643. The smallest absolute Gasteiger partial charge is 0.254 e. The number of aromatic nitrogens is 1. The maximum Gasteiger partial charge on any atom is 0.254 e. The van der Waals surface area contributed by atoms with Crippen LogP contribution in [0.25, 0.3) is 0 Å². The molecule has 34 heavy (non-hydrogen) atoms. The SMILES string of the molecule is Cc1cc(S(C)=O)c(CNC(=O)c2cc(Cl)c3c(c2C)O[C@@H](C2CCC(=O)CC2)CO3)c(=O)[nH]1. The van der Waals surface area contributed by atoms with Crippen LogP contribution in [0, 0.1) is 19.8 Å². The van der Waals surface area contributed by atoms with Crippen LogP contribution >= 0.6 is 11.6 Å². The Morgan fingerprint density at radius 3 is 2.59 bits per heavy atom. The molecule has 1 aliphatic heterocycles. The third-order valence-electron chi connectivity index (χ3n) is 6.42. The predicted molar refractivity (Wildman–Crippen MR) is 128 cm³/mol. The maximum absolute atomic E-state index is 13.1. The first-order valence-corrected chi connectivity index (χ1v) is 13.1. The van der Waals surface area contributed by atoms with Gasteiger partial charge in [-0.15, -0.1) is 0 Å². The van der Waals surface area contributed by atoms with Crippen molar-refractivity contribution in [1.29, 1.82) is 0 Å². The lowest BCUT2D eigenvalue weighted by atomic mass is 9.84. The number of Topliss-reactive ketones (excluding diaryl/α,β-unsaturated/α-hetero) is 1. The second-order valence-electron chi connectivity index (χ2n) is 8.79. The summed E-state index contributed by atoms with van der Waals surface area (Å²) in [7, 11) is -1.39. The van der Waals surface area contributed by atoms with Gasteiger partial charge in [0.2, 0.25) is 0 Å². The Bertz CT molecular complexity index is 1230. The Morgan fingerprint density at radius 1 is 1.21 bits per heavy atom. The number of aryl methyl sites for hydroxylation is 1. The third kappa shape index (κ3) is 4.90. The van der Waals surface area contributed by atoms with Crippen LogP contribution in [0.3, 0.4) is 0 Å². The van der Waals surface area contributed by atoms with Gasteiger partial charge in [-0.3, -0.25) is 18.6 Å². The zero-order valence-electron chi connectivity index (χ0n) is 19.3. The van der Waals surface area contributed by atoms with E-state index in [1.165, 1.54) is 12.3 Å². The number of carbonyl (C=O) groups is 2. The van der Waals surface area contributed by atoms with Gasteiger partial charge in [-0.05, 0) is 38.8 Å². The van der Waals surface area contributed by atoms with Crippen molar-refractivity contribution in [3.63, 3.8) is 0 Å². The van der Waals surface area contributed by atoms with E-state index >= 15 is 0 Å². The highest BCUT2D eigenvalue weighted by molar-refractivity contribution is 7.84. The molecular weight excluding hydrogens is 480 g/mol. The molecule has 10 heteroatoms. The van der Waals surface area contributed by atoms with E-state index < -0.39 is 22.3 Å². The third-order valence-corrected chi connectivity index (χ3v) is 7.69. The van der Waals surface area contributed by atoms with Gasteiger partial charge in [-0.25, -0.2) is 0 Å². The molecule has 2 heterocycles. The fraction of sp³-hybridized carbons (Fsp3) is 0.458. The Hall–Kier alpha value is -2.65. The van der Waals surface area contributed by atoms with Gasteiger partial charge < -0.3 is 19.8 Å². The second kappa shape index (κ2) is 9.92. The Kier molecular flexibility index (Phi) is 7.14. The Morgan fingerprint density at radius 2 is 1.91 bits per heavy atom. The molecule has 1 aromatic heterocycles. The molecule has 4 rings (SSSR count). The number of fused-ring (bicyclic) bond motifs is 1. The van der Waals surface area contributed by atoms with E-state index in [0.29, 0.717) is 52.7 Å². The van der Waals surface area contributed by atoms with Crippen molar-refractivity contribution >= 4 is 34.1 Å². The minimum Gasteiger partial charge on any atom is -0.484 e. The molecule has 1 fully saturated rings. The minimum absolute atomic E-state index is 0.0897. The van der Waals surface area contributed by atoms with Crippen LogP contribution in [0.4, 0.5) is 0 Å². The summed E-state index contributed by atoms with van der Waals surface area (Å²) in [5.74, 6) is 0.855. The van der Waals surface area contributed by atoms with E-state index in [-0.39, 0.29) is 34.9 Å². The zero-order chi connectivity index (χ0) is 24.6. The van der Waals surface area contributed by atoms with Crippen molar-refractivity contribution < 1.29 is 23.3 Å². The lowest BCUT2D eigenvalue weighted by Gasteiger charge is -2.35. The van der Waals surface area contributed by atoms with Gasteiger partial charge in [0.1, 0.15) is 18.5 Å². The monoisotopic (exact) mass is 506 g/mol. The molecule has 0 saturated heterocycles. The first-order chi connectivity index (χ1) is 16.2. The highest BCUT2D eigenvalue weighted by Gasteiger charge is 2.34. The first kappa shape index (κ1) is 24.5. The fourth-order valence-corrected chi connectivity index (χ4v) is 5.61. The van der Waals surface area contributed by atoms with Crippen LogP contribution in [-0.4, -0.2) is 39.8 Å². The number of ether oxygens (including phenoxy) is 2. The molecule has 2 N–H and O–H groups in total. The van der Waals surface area contributed by atoms with Crippen LogP contribution < -0.4 is 20.3 Å². The standard InChI is InChI=1S/C24H27ClN2O6S/c1-12-8-20(34(3)31)17(24(30)27-12)10-26-23(29)16-9-18(25)22-21(13(16)2)33-19(11-32-22)14-4-6-15(28)7-5-14/h8-9,14,19H,4-7,10-11H2,1-3H3,(H,26,29)(H,27,30)/t19-,34?/m1/s1. The summed E-state index contributed by atoms with van der Waals surface area (Å²) in [6, 6.07) is 3.16. The summed E-state index contributed by atoms with van der Waals surface area (Å²) >= 11 is 6.42. The zero-order valence-corrected chi connectivity index (χ0v) is 20.9. The molecule has 182 valence electrons. The molecule has 1 aliphatic carbocycles. The van der Waals surface area contributed by atoms with E-state index in [0.717, 1.165) is 12.8 Å². The van der Waals surface area contributed by atoms with Crippen molar-refractivity contribution in [2.75, 3.05) is 12.9 Å². The summed E-state index contributed by atoms with van der Waals surface area (Å²) in [6.45, 7) is 3.71. The van der Waals surface area contributed by atoms with Gasteiger partial charge in [0, 0.05) is 48.4 Å². The number of nitrogens with one attached hydrogen (secondary N) is 2. The average molecular weight is 507 g/mol. The van der Waals surface area contributed by atoms with E-state index in [1.54, 1.807) is 19.9 Å².